The molecule has 5 nitrogen and oxygen atoms in total. The van der Waals surface area contributed by atoms with E-state index in [1.807, 2.05) is 25.1 Å². The molecule has 0 saturated heterocycles. The SMILES string of the molecule is CCNCc1cc(-c2ccccn2)nn(C)c1=O. The summed E-state index contributed by atoms with van der Waals surface area (Å²) in [6.07, 6.45) is 1.71. The van der Waals surface area contributed by atoms with Crippen LogP contribution in [0.25, 0.3) is 11.4 Å². The zero-order chi connectivity index (χ0) is 13.0. The standard InChI is InChI=1S/C13H16N4O/c1-3-14-9-10-8-12(16-17(2)13(10)18)11-6-4-5-7-15-11/h4-8,14H,3,9H2,1-2H3. The van der Waals surface area contributed by atoms with Gasteiger partial charge in [0, 0.05) is 25.4 Å². The highest BCUT2D eigenvalue weighted by Crippen LogP contribution is 2.12. The first-order valence-corrected chi connectivity index (χ1v) is 5.91. The molecule has 0 aliphatic carbocycles. The number of aryl methyl sites for hydroxylation is 1. The van der Waals surface area contributed by atoms with Crippen LogP contribution in [0, 0.1) is 0 Å². The lowest BCUT2D eigenvalue weighted by atomic mass is 10.2. The molecule has 0 aliphatic heterocycles. The van der Waals surface area contributed by atoms with E-state index in [9.17, 15) is 4.79 Å². The summed E-state index contributed by atoms with van der Waals surface area (Å²) in [7, 11) is 1.66. The lowest BCUT2D eigenvalue weighted by Gasteiger charge is -2.07. The normalized spacial score (nSPS) is 10.6. The van der Waals surface area contributed by atoms with Crippen LogP contribution in [0.4, 0.5) is 0 Å². The van der Waals surface area contributed by atoms with Crippen LogP contribution in [0.15, 0.2) is 35.3 Å². The van der Waals surface area contributed by atoms with E-state index >= 15 is 0 Å². The second-order valence-corrected chi connectivity index (χ2v) is 3.98. The molecule has 0 fully saturated rings. The van der Waals surface area contributed by atoms with Crippen molar-refractivity contribution in [1.82, 2.24) is 20.1 Å². The van der Waals surface area contributed by atoms with Crippen LogP contribution in [0.2, 0.25) is 0 Å². The van der Waals surface area contributed by atoms with Gasteiger partial charge in [-0.2, -0.15) is 5.10 Å². The highest BCUT2D eigenvalue weighted by molar-refractivity contribution is 5.53. The van der Waals surface area contributed by atoms with E-state index in [-0.39, 0.29) is 5.56 Å². The Kier molecular flexibility index (Phi) is 3.84. The maximum absolute atomic E-state index is 11.9. The molecule has 18 heavy (non-hydrogen) atoms. The molecule has 0 saturated carbocycles. The van der Waals surface area contributed by atoms with Crippen LogP contribution in [0.5, 0.6) is 0 Å². The molecule has 0 bridgehead atoms. The van der Waals surface area contributed by atoms with Gasteiger partial charge in [-0.3, -0.25) is 9.78 Å². The molecule has 2 rings (SSSR count). The van der Waals surface area contributed by atoms with Crippen molar-refractivity contribution in [3.05, 3.63) is 46.4 Å². The van der Waals surface area contributed by atoms with Gasteiger partial charge in [0.1, 0.15) is 5.69 Å². The summed E-state index contributed by atoms with van der Waals surface area (Å²) < 4.78 is 1.36. The summed E-state index contributed by atoms with van der Waals surface area (Å²) >= 11 is 0. The van der Waals surface area contributed by atoms with Gasteiger partial charge in [0.25, 0.3) is 5.56 Å². The fourth-order valence-electron chi connectivity index (χ4n) is 1.70. The molecule has 2 aromatic rings. The van der Waals surface area contributed by atoms with E-state index in [1.54, 1.807) is 19.3 Å². The molecule has 2 heterocycles. The Morgan fingerprint density at radius 3 is 2.83 bits per heavy atom. The Labute approximate surface area is 105 Å². The van der Waals surface area contributed by atoms with Crippen molar-refractivity contribution in [2.75, 3.05) is 6.54 Å². The minimum absolute atomic E-state index is 0.0735. The zero-order valence-corrected chi connectivity index (χ0v) is 10.6. The van der Waals surface area contributed by atoms with Gasteiger partial charge in [-0.25, -0.2) is 4.68 Å². The number of pyridine rings is 1. The van der Waals surface area contributed by atoms with Crippen LogP contribution in [-0.4, -0.2) is 21.3 Å². The Morgan fingerprint density at radius 1 is 1.33 bits per heavy atom. The van der Waals surface area contributed by atoms with E-state index in [2.05, 4.69) is 15.4 Å². The Balaban J connectivity index is 2.44. The molecule has 0 aliphatic rings. The molecule has 0 unspecified atom stereocenters. The van der Waals surface area contributed by atoms with Crippen molar-refractivity contribution in [1.29, 1.82) is 0 Å². The van der Waals surface area contributed by atoms with Crippen molar-refractivity contribution in [2.45, 2.75) is 13.5 Å². The third-order valence-electron chi connectivity index (χ3n) is 2.63. The molecule has 0 aromatic carbocycles. The fourth-order valence-corrected chi connectivity index (χ4v) is 1.70. The van der Waals surface area contributed by atoms with Crippen LogP contribution in [0.3, 0.4) is 0 Å². The molecule has 5 heteroatoms. The first kappa shape index (κ1) is 12.4. The van der Waals surface area contributed by atoms with Gasteiger partial charge in [-0.15, -0.1) is 0 Å². The van der Waals surface area contributed by atoms with Crippen LogP contribution in [-0.2, 0) is 13.6 Å². The third kappa shape index (κ3) is 2.62. The van der Waals surface area contributed by atoms with Crippen LogP contribution in [0.1, 0.15) is 12.5 Å². The summed E-state index contributed by atoms with van der Waals surface area (Å²) in [5.41, 5.74) is 2.11. The second-order valence-electron chi connectivity index (χ2n) is 3.98. The number of nitrogens with one attached hydrogen (secondary N) is 1. The minimum atomic E-state index is -0.0735. The predicted molar refractivity (Wildman–Crippen MR) is 70.1 cm³/mol. The van der Waals surface area contributed by atoms with E-state index in [4.69, 9.17) is 0 Å². The lowest BCUT2D eigenvalue weighted by molar-refractivity contribution is 0.664. The highest BCUT2D eigenvalue weighted by atomic mass is 16.1. The van der Waals surface area contributed by atoms with Gasteiger partial charge in [0.15, 0.2) is 0 Å². The number of nitrogens with zero attached hydrogens (tertiary/aromatic N) is 3. The third-order valence-corrected chi connectivity index (χ3v) is 2.63. The maximum Gasteiger partial charge on any atom is 0.271 e. The lowest BCUT2D eigenvalue weighted by Crippen LogP contribution is -2.27. The quantitative estimate of drug-likeness (QED) is 0.870. The molecule has 0 spiro atoms. The van der Waals surface area contributed by atoms with Gasteiger partial charge in [-0.1, -0.05) is 13.0 Å². The maximum atomic E-state index is 11.9. The first-order chi connectivity index (χ1) is 8.72. The van der Waals surface area contributed by atoms with E-state index in [1.165, 1.54) is 4.68 Å². The Bertz CT molecular complexity index is 577. The highest BCUT2D eigenvalue weighted by Gasteiger charge is 2.08. The molecule has 1 N–H and O–H groups in total. The average Bonchev–Trinajstić information content (AvgIpc) is 2.41. The van der Waals surface area contributed by atoms with Crippen molar-refractivity contribution in [3.63, 3.8) is 0 Å². The molecule has 0 atom stereocenters. The van der Waals surface area contributed by atoms with E-state index in [0.29, 0.717) is 17.8 Å². The summed E-state index contributed by atoms with van der Waals surface area (Å²) in [5.74, 6) is 0. The largest absolute Gasteiger partial charge is 0.313 e. The van der Waals surface area contributed by atoms with Crippen molar-refractivity contribution in [3.8, 4) is 11.4 Å². The monoisotopic (exact) mass is 244 g/mol. The first-order valence-electron chi connectivity index (χ1n) is 5.91. The molecular formula is C13H16N4O. The number of rotatable bonds is 4. The topological polar surface area (TPSA) is 59.8 Å². The summed E-state index contributed by atoms with van der Waals surface area (Å²) in [4.78, 5) is 16.1. The number of hydrogen-bond donors (Lipinski definition) is 1. The number of hydrogen-bond acceptors (Lipinski definition) is 4. The molecule has 0 amide bonds. The summed E-state index contributed by atoms with van der Waals surface area (Å²) in [6, 6.07) is 7.43. The van der Waals surface area contributed by atoms with E-state index in [0.717, 1.165) is 12.2 Å². The fraction of sp³-hybridized carbons (Fsp3) is 0.308. The smallest absolute Gasteiger partial charge is 0.271 e. The van der Waals surface area contributed by atoms with Gasteiger partial charge in [0.2, 0.25) is 0 Å². The molecule has 2 aromatic heterocycles. The van der Waals surface area contributed by atoms with Crippen LogP contribution >= 0.6 is 0 Å². The van der Waals surface area contributed by atoms with E-state index < -0.39 is 0 Å². The van der Waals surface area contributed by atoms with Gasteiger partial charge in [0.05, 0.1) is 5.69 Å². The van der Waals surface area contributed by atoms with Crippen molar-refractivity contribution >= 4 is 0 Å². The second kappa shape index (κ2) is 5.55. The number of aromatic nitrogens is 3. The zero-order valence-electron chi connectivity index (χ0n) is 10.6. The Hall–Kier alpha value is -2.01. The van der Waals surface area contributed by atoms with Gasteiger partial charge in [-0.05, 0) is 24.7 Å². The average molecular weight is 244 g/mol. The molecular weight excluding hydrogens is 228 g/mol. The summed E-state index contributed by atoms with van der Waals surface area (Å²) in [6.45, 7) is 3.38. The van der Waals surface area contributed by atoms with Gasteiger partial charge < -0.3 is 5.32 Å². The molecule has 94 valence electrons. The van der Waals surface area contributed by atoms with Crippen molar-refractivity contribution in [2.24, 2.45) is 7.05 Å². The minimum Gasteiger partial charge on any atom is -0.313 e. The summed E-state index contributed by atoms with van der Waals surface area (Å²) in [5, 5.41) is 7.38. The molecule has 0 radical (unpaired) electrons. The van der Waals surface area contributed by atoms with Crippen molar-refractivity contribution < 1.29 is 0 Å². The van der Waals surface area contributed by atoms with Gasteiger partial charge >= 0.3 is 0 Å². The predicted octanol–water partition coefficient (Wildman–Crippen LogP) is 0.952. The van der Waals surface area contributed by atoms with Crippen LogP contribution < -0.4 is 10.9 Å². The Morgan fingerprint density at radius 2 is 2.17 bits per heavy atom.